The van der Waals surface area contributed by atoms with E-state index in [1.165, 1.54) is 29.7 Å². The van der Waals surface area contributed by atoms with Gasteiger partial charge in [-0.2, -0.15) is 0 Å². The third kappa shape index (κ3) is 5.64. The summed E-state index contributed by atoms with van der Waals surface area (Å²) in [5.41, 5.74) is 4.71. The van der Waals surface area contributed by atoms with Crippen LogP contribution in [0.5, 0.6) is 0 Å². The molecule has 21 heavy (non-hydrogen) atoms. The highest BCUT2D eigenvalue weighted by atomic mass is 15.1. The summed E-state index contributed by atoms with van der Waals surface area (Å²) in [6.45, 7) is 13.3. The van der Waals surface area contributed by atoms with Crippen molar-refractivity contribution in [2.45, 2.75) is 52.6 Å². The summed E-state index contributed by atoms with van der Waals surface area (Å²) in [5.74, 6) is 0. The third-order valence-electron chi connectivity index (χ3n) is 4.08. The Bertz CT molecular complexity index is 483. The van der Waals surface area contributed by atoms with Crippen molar-refractivity contribution in [3.05, 3.63) is 47.0 Å². The molecule has 0 aromatic heterocycles. The van der Waals surface area contributed by atoms with Crippen LogP contribution in [0, 0.1) is 0 Å². The molecule has 0 saturated heterocycles. The zero-order valence-electron chi connectivity index (χ0n) is 14.1. The van der Waals surface area contributed by atoms with Crippen LogP contribution in [0.25, 0.3) is 0 Å². The van der Waals surface area contributed by atoms with Crippen molar-refractivity contribution in [3.63, 3.8) is 0 Å². The minimum Gasteiger partial charge on any atom is -0.312 e. The van der Waals surface area contributed by atoms with E-state index in [1.54, 1.807) is 0 Å². The molecule has 0 fully saturated rings. The standard InChI is InChI=1S/C19H30N2/c1-16-10-13-21(14-11-16)15-18-8-6-5-7-17(18)9-12-20-19(2,3)4/h5-8,10,20H,9,11-15H2,1-4H3. The van der Waals surface area contributed by atoms with Crippen LogP contribution in [0.15, 0.2) is 35.9 Å². The van der Waals surface area contributed by atoms with Gasteiger partial charge in [-0.05, 0) is 58.2 Å². The molecule has 0 radical (unpaired) electrons. The molecular formula is C19H30N2. The van der Waals surface area contributed by atoms with E-state index in [0.717, 1.165) is 26.1 Å². The molecule has 0 atom stereocenters. The molecule has 0 spiro atoms. The fraction of sp³-hybridized carbons (Fsp3) is 0.579. The van der Waals surface area contributed by atoms with E-state index in [0.29, 0.717) is 0 Å². The summed E-state index contributed by atoms with van der Waals surface area (Å²) in [6, 6.07) is 8.90. The number of hydrogen-bond acceptors (Lipinski definition) is 2. The Labute approximate surface area is 130 Å². The van der Waals surface area contributed by atoms with Crippen LogP contribution in [0.1, 0.15) is 45.2 Å². The second-order valence-corrected chi connectivity index (χ2v) is 7.23. The van der Waals surface area contributed by atoms with Gasteiger partial charge in [-0.1, -0.05) is 35.9 Å². The van der Waals surface area contributed by atoms with Crippen LogP contribution in [-0.4, -0.2) is 30.1 Å². The molecule has 1 N–H and O–H groups in total. The molecule has 2 rings (SSSR count). The second-order valence-electron chi connectivity index (χ2n) is 7.23. The van der Waals surface area contributed by atoms with E-state index in [9.17, 15) is 0 Å². The lowest BCUT2D eigenvalue weighted by molar-refractivity contribution is 0.285. The van der Waals surface area contributed by atoms with Gasteiger partial charge in [0.15, 0.2) is 0 Å². The van der Waals surface area contributed by atoms with Crippen molar-refractivity contribution >= 4 is 0 Å². The van der Waals surface area contributed by atoms with E-state index in [2.05, 4.69) is 68.3 Å². The van der Waals surface area contributed by atoms with E-state index >= 15 is 0 Å². The average molecular weight is 286 g/mol. The molecule has 116 valence electrons. The monoisotopic (exact) mass is 286 g/mol. The summed E-state index contributed by atoms with van der Waals surface area (Å²) >= 11 is 0. The van der Waals surface area contributed by atoms with Crippen molar-refractivity contribution in [2.24, 2.45) is 0 Å². The fourth-order valence-corrected chi connectivity index (χ4v) is 2.73. The van der Waals surface area contributed by atoms with Gasteiger partial charge in [-0.25, -0.2) is 0 Å². The molecule has 2 heteroatoms. The maximum Gasteiger partial charge on any atom is 0.0239 e. The van der Waals surface area contributed by atoms with Crippen LogP contribution >= 0.6 is 0 Å². The van der Waals surface area contributed by atoms with Gasteiger partial charge < -0.3 is 5.32 Å². The number of benzene rings is 1. The van der Waals surface area contributed by atoms with E-state index in [4.69, 9.17) is 0 Å². The molecule has 0 saturated carbocycles. The van der Waals surface area contributed by atoms with Crippen molar-refractivity contribution < 1.29 is 0 Å². The number of nitrogens with one attached hydrogen (secondary N) is 1. The molecule has 0 aliphatic carbocycles. The molecule has 1 aliphatic rings. The van der Waals surface area contributed by atoms with Crippen molar-refractivity contribution in [1.82, 2.24) is 10.2 Å². The molecular weight excluding hydrogens is 256 g/mol. The summed E-state index contributed by atoms with van der Waals surface area (Å²) in [4.78, 5) is 2.54. The van der Waals surface area contributed by atoms with Gasteiger partial charge in [-0.3, -0.25) is 4.90 Å². The Morgan fingerprint density at radius 2 is 1.86 bits per heavy atom. The SMILES string of the molecule is CC1=CCN(Cc2ccccc2CCNC(C)(C)C)CC1. The first-order valence-electron chi connectivity index (χ1n) is 8.14. The molecule has 1 heterocycles. The van der Waals surface area contributed by atoms with E-state index in [1.807, 2.05) is 0 Å². The first kappa shape index (κ1) is 16.3. The number of hydrogen-bond donors (Lipinski definition) is 1. The zero-order valence-corrected chi connectivity index (χ0v) is 14.1. The molecule has 0 amide bonds. The van der Waals surface area contributed by atoms with Gasteiger partial charge >= 0.3 is 0 Å². The topological polar surface area (TPSA) is 15.3 Å². The summed E-state index contributed by atoms with van der Waals surface area (Å²) in [5, 5.41) is 3.58. The first-order valence-corrected chi connectivity index (χ1v) is 8.14. The number of rotatable bonds is 5. The largest absolute Gasteiger partial charge is 0.312 e. The predicted molar refractivity (Wildman–Crippen MR) is 91.6 cm³/mol. The molecule has 1 aromatic rings. The molecule has 1 aliphatic heterocycles. The quantitative estimate of drug-likeness (QED) is 0.829. The van der Waals surface area contributed by atoms with Crippen LogP contribution in [-0.2, 0) is 13.0 Å². The van der Waals surface area contributed by atoms with Gasteiger partial charge in [0.1, 0.15) is 0 Å². The Balaban J connectivity index is 1.94. The van der Waals surface area contributed by atoms with Gasteiger partial charge in [0.2, 0.25) is 0 Å². The van der Waals surface area contributed by atoms with Gasteiger partial charge in [-0.15, -0.1) is 0 Å². The molecule has 0 unspecified atom stereocenters. The lowest BCUT2D eigenvalue weighted by Crippen LogP contribution is -2.37. The van der Waals surface area contributed by atoms with E-state index in [-0.39, 0.29) is 5.54 Å². The lowest BCUT2D eigenvalue weighted by atomic mass is 10.0. The predicted octanol–water partition coefficient (Wildman–Crippen LogP) is 3.77. The Morgan fingerprint density at radius 3 is 2.48 bits per heavy atom. The number of nitrogens with zero attached hydrogens (tertiary/aromatic N) is 1. The summed E-state index contributed by atoms with van der Waals surface area (Å²) in [6.07, 6.45) is 4.69. The summed E-state index contributed by atoms with van der Waals surface area (Å²) < 4.78 is 0. The Kier molecular flexibility index (Phi) is 5.60. The van der Waals surface area contributed by atoms with Gasteiger partial charge in [0.25, 0.3) is 0 Å². The van der Waals surface area contributed by atoms with Crippen LogP contribution < -0.4 is 5.32 Å². The lowest BCUT2D eigenvalue weighted by Gasteiger charge is -2.26. The average Bonchev–Trinajstić information content (AvgIpc) is 2.42. The van der Waals surface area contributed by atoms with Gasteiger partial charge in [0, 0.05) is 25.2 Å². The normalized spacial score (nSPS) is 16.9. The molecule has 2 nitrogen and oxygen atoms in total. The highest BCUT2D eigenvalue weighted by Crippen LogP contribution is 2.16. The molecule has 1 aromatic carbocycles. The minimum absolute atomic E-state index is 0.199. The van der Waals surface area contributed by atoms with Crippen LogP contribution in [0.3, 0.4) is 0 Å². The van der Waals surface area contributed by atoms with Gasteiger partial charge in [0.05, 0.1) is 0 Å². The van der Waals surface area contributed by atoms with Crippen molar-refractivity contribution in [3.8, 4) is 0 Å². The fourth-order valence-electron chi connectivity index (χ4n) is 2.73. The maximum atomic E-state index is 3.58. The smallest absolute Gasteiger partial charge is 0.0239 e. The van der Waals surface area contributed by atoms with Crippen molar-refractivity contribution in [1.29, 1.82) is 0 Å². The second kappa shape index (κ2) is 7.24. The third-order valence-corrected chi connectivity index (χ3v) is 4.08. The molecule has 0 bridgehead atoms. The van der Waals surface area contributed by atoms with E-state index < -0.39 is 0 Å². The Hall–Kier alpha value is -1.12. The Morgan fingerprint density at radius 1 is 1.14 bits per heavy atom. The first-order chi connectivity index (χ1) is 9.94. The van der Waals surface area contributed by atoms with Crippen LogP contribution in [0.4, 0.5) is 0 Å². The highest BCUT2D eigenvalue weighted by Gasteiger charge is 2.12. The summed E-state index contributed by atoms with van der Waals surface area (Å²) in [7, 11) is 0. The maximum absolute atomic E-state index is 3.58. The minimum atomic E-state index is 0.199. The van der Waals surface area contributed by atoms with Crippen LogP contribution in [0.2, 0.25) is 0 Å². The highest BCUT2D eigenvalue weighted by molar-refractivity contribution is 5.27. The zero-order chi connectivity index (χ0) is 15.3. The van der Waals surface area contributed by atoms with Crippen molar-refractivity contribution in [2.75, 3.05) is 19.6 Å².